The van der Waals surface area contributed by atoms with Gasteiger partial charge in [-0.2, -0.15) is 0 Å². The van der Waals surface area contributed by atoms with Crippen LogP contribution in [0.15, 0.2) is 40.6 Å². The molecule has 1 N–H and O–H groups in total. The highest BCUT2D eigenvalue weighted by Gasteiger charge is 2.19. The van der Waals surface area contributed by atoms with Gasteiger partial charge in [-0.15, -0.1) is 16.4 Å². The first-order chi connectivity index (χ1) is 13.5. The summed E-state index contributed by atoms with van der Waals surface area (Å²) in [6, 6.07) is 6.45. The lowest BCUT2D eigenvalue weighted by Gasteiger charge is -2.07. The van der Waals surface area contributed by atoms with Crippen molar-refractivity contribution >= 4 is 11.3 Å². The highest BCUT2D eigenvalue weighted by Crippen LogP contribution is 2.24. The van der Waals surface area contributed by atoms with E-state index in [0.717, 1.165) is 5.69 Å². The molecule has 4 aromatic rings. The van der Waals surface area contributed by atoms with Crippen molar-refractivity contribution in [3.8, 4) is 22.2 Å². The Hall–Kier alpha value is -3.20. The lowest BCUT2D eigenvalue weighted by atomic mass is 10.2. The van der Waals surface area contributed by atoms with E-state index < -0.39 is 0 Å². The molecule has 0 atom stereocenters. The molecule has 28 heavy (non-hydrogen) atoms. The topological polar surface area (TPSA) is 89.3 Å². The Morgan fingerprint density at radius 1 is 1.25 bits per heavy atom. The first kappa shape index (κ1) is 18.2. The molecule has 9 heteroatoms. The first-order valence-electron chi connectivity index (χ1n) is 8.74. The van der Waals surface area contributed by atoms with Crippen molar-refractivity contribution in [2.24, 2.45) is 0 Å². The number of hydrogen-bond acceptors (Lipinski definition) is 6. The first-order valence-corrected chi connectivity index (χ1v) is 9.62. The van der Waals surface area contributed by atoms with Crippen LogP contribution in [-0.4, -0.2) is 29.7 Å². The van der Waals surface area contributed by atoms with Crippen LogP contribution in [0.25, 0.3) is 22.2 Å². The Labute approximate surface area is 164 Å². The fourth-order valence-electron chi connectivity index (χ4n) is 2.76. The minimum Gasteiger partial charge on any atom is -0.310 e. The molecule has 4 rings (SSSR count). The van der Waals surface area contributed by atoms with Crippen molar-refractivity contribution in [3.05, 3.63) is 69.1 Å². The van der Waals surface area contributed by atoms with E-state index in [9.17, 15) is 9.18 Å². The summed E-state index contributed by atoms with van der Waals surface area (Å²) in [5, 5.41) is 7.04. The summed E-state index contributed by atoms with van der Waals surface area (Å²) in [5.41, 5.74) is 1.28. The number of halogens is 1. The van der Waals surface area contributed by atoms with E-state index in [1.165, 1.54) is 28.3 Å². The molecule has 3 heterocycles. The molecular formula is C19H17FN6OS. The maximum absolute atomic E-state index is 14.2. The summed E-state index contributed by atoms with van der Waals surface area (Å²) < 4.78 is 15.7. The van der Waals surface area contributed by atoms with Gasteiger partial charge in [-0.3, -0.25) is 4.79 Å². The number of aryl methyl sites for hydroxylation is 2. The molecule has 3 aromatic heterocycles. The molecule has 7 nitrogen and oxygen atoms in total. The Bertz CT molecular complexity index is 1200. The van der Waals surface area contributed by atoms with Gasteiger partial charge in [0.25, 0.3) is 5.56 Å². The lowest BCUT2D eigenvalue weighted by molar-refractivity contribution is 0.587. The Morgan fingerprint density at radius 3 is 2.75 bits per heavy atom. The molecule has 0 aliphatic heterocycles. The van der Waals surface area contributed by atoms with E-state index in [2.05, 4.69) is 25.0 Å². The monoisotopic (exact) mass is 396 g/mol. The predicted octanol–water partition coefficient (Wildman–Crippen LogP) is 3.21. The van der Waals surface area contributed by atoms with Gasteiger partial charge in [0, 0.05) is 29.3 Å². The number of thiazole rings is 1. The van der Waals surface area contributed by atoms with Gasteiger partial charge in [0.2, 0.25) is 5.82 Å². The minimum absolute atomic E-state index is 0.133. The van der Waals surface area contributed by atoms with Crippen LogP contribution < -0.4 is 5.56 Å². The van der Waals surface area contributed by atoms with Crippen molar-refractivity contribution in [1.29, 1.82) is 0 Å². The standard InChI is InChI=1S/C19H17FN6OS/c1-3-15-21-8-13(18(27)23-15)17-24-16(19-22-11(2)10-28-19)25-26(17)9-12-6-4-5-7-14(12)20/h4-8,10H,3,9H2,1-2H3,(H,21,23,27). The lowest BCUT2D eigenvalue weighted by Crippen LogP contribution is -2.16. The highest BCUT2D eigenvalue weighted by atomic mass is 32.1. The molecule has 142 valence electrons. The van der Waals surface area contributed by atoms with Crippen molar-refractivity contribution in [3.63, 3.8) is 0 Å². The molecule has 0 radical (unpaired) electrons. The maximum Gasteiger partial charge on any atom is 0.261 e. The van der Waals surface area contributed by atoms with Crippen LogP contribution in [-0.2, 0) is 13.0 Å². The number of aromatic amines is 1. The number of nitrogens with one attached hydrogen (secondary N) is 1. The third kappa shape index (κ3) is 3.48. The van der Waals surface area contributed by atoms with Crippen LogP contribution in [0.1, 0.15) is 24.0 Å². The predicted molar refractivity (Wildman–Crippen MR) is 105 cm³/mol. The number of hydrogen-bond donors (Lipinski definition) is 1. The zero-order valence-corrected chi connectivity index (χ0v) is 16.1. The third-order valence-corrected chi connectivity index (χ3v) is 5.14. The molecular weight excluding hydrogens is 379 g/mol. The zero-order valence-electron chi connectivity index (χ0n) is 15.3. The number of benzene rings is 1. The molecule has 0 fully saturated rings. The summed E-state index contributed by atoms with van der Waals surface area (Å²) >= 11 is 1.41. The second-order valence-electron chi connectivity index (χ2n) is 6.23. The molecule has 0 aliphatic rings. The Morgan fingerprint density at radius 2 is 2.07 bits per heavy atom. The van der Waals surface area contributed by atoms with Gasteiger partial charge in [0.1, 0.15) is 17.2 Å². The molecule has 0 unspecified atom stereocenters. The second kappa shape index (κ2) is 7.43. The van der Waals surface area contributed by atoms with Gasteiger partial charge in [0.05, 0.1) is 6.54 Å². The Balaban J connectivity index is 1.85. The minimum atomic E-state index is -0.344. The molecule has 1 aromatic carbocycles. The average Bonchev–Trinajstić information content (AvgIpc) is 3.30. The SMILES string of the molecule is CCc1ncc(-c2nc(-c3nc(C)cs3)nn2Cc2ccccc2F)c(=O)[nH]1. The maximum atomic E-state index is 14.2. The number of nitrogens with zero attached hydrogens (tertiary/aromatic N) is 5. The molecule has 0 amide bonds. The van der Waals surface area contributed by atoms with Gasteiger partial charge >= 0.3 is 0 Å². The van der Waals surface area contributed by atoms with Crippen molar-refractivity contribution in [2.45, 2.75) is 26.8 Å². The largest absolute Gasteiger partial charge is 0.310 e. The van der Waals surface area contributed by atoms with Gasteiger partial charge in [0.15, 0.2) is 10.8 Å². The quantitative estimate of drug-likeness (QED) is 0.559. The van der Waals surface area contributed by atoms with E-state index in [4.69, 9.17) is 0 Å². The average molecular weight is 396 g/mol. The van der Waals surface area contributed by atoms with E-state index in [-0.39, 0.29) is 23.5 Å². The van der Waals surface area contributed by atoms with Crippen LogP contribution in [0.5, 0.6) is 0 Å². The number of H-pyrrole nitrogens is 1. The molecule has 0 saturated heterocycles. The van der Waals surface area contributed by atoms with E-state index >= 15 is 0 Å². The van der Waals surface area contributed by atoms with Crippen LogP contribution in [0.2, 0.25) is 0 Å². The summed E-state index contributed by atoms with van der Waals surface area (Å²) in [4.78, 5) is 28.5. The van der Waals surface area contributed by atoms with Gasteiger partial charge in [-0.1, -0.05) is 25.1 Å². The normalized spacial score (nSPS) is 11.1. The van der Waals surface area contributed by atoms with Crippen LogP contribution in [0, 0.1) is 12.7 Å². The van der Waals surface area contributed by atoms with Crippen molar-refractivity contribution in [2.75, 3.05) is 0 Å². The molecule has 0 bridgehead atoms. The van der Waals surface area contributed by atoms with Gasteiger partial charge < -0.3 is 4.98 Å². The smallest absolute Gasteiger partial charge is 0.261 e. The van der Waals surface area contributed by atoms with Crippen LogP contribution in [0.4, 0.5) is 4.39 Å². The summed E-state index contributed by atoms with van der Waals surface area (Å²) in [5.74, 6) is 0.958. The van der Waals surface area contributed by atoms with Crippen molar-refractivity contribution < 1.29 is 4.39 Å². The second-order valence-corrected chi connectivity index (χ2v) is 7.09. The zero-order chi connectivity index (χ0) is 19.7. The van der Waals surface area contributed by atoms with Crippen molar-refractivity contribution in [1.82, 2.24) is 29.7 Å². The summed E-state index contributed by atoms with van der Waals surface area (Å²) in [6.07, 6.45) is 2.09. The summed E-state index contributed by atoms with van der Waals surface area (Å²) in [6.45, 7) is 3.92. The van der Waals surface area contributed by atoms with E-state index in [1.807, 2.05) is 19.2 Å². The van der Waals surface area contributed by atoms with E-state index in [1.54, 1.807) is 18.2 Å². The van der Waals surface area contributed by atoms with Crippen LogP contribution >= 0.6 is 11.3 Å². The van der Waals surface area contributed by atoms with Gasteiger partial charge in [-0.25, -0.2) is 24.0 Å². The van der Waals surface area contributed by atoms with E-state index in [0.29, 0.717) is 34.5 Å². The third-order valence-electron chi connectivity index (χ3n) is 4.19. The van der Waals surface area contributed by atoms with Crippen LogP contribution in [0.3, 0.4) is 0 Å². The number of aromatic nitrogens is 6. The van der Waals surface area contributed by atoms with Gasteiger partial charge in [-0.05, 0) is 13.0 Å². The highest BCUT2D eigenvalue weighted by molar-refractivity contribution is 7.13. The summed E-state index contributed by atoms with van der Waals surface area (Å²) in [7, 11) is 0. The fourth-order valence-corrected chi connectivity index (χ4v) is 3.48. The molecule has 0 spiro atoms. The fraction of sp³-hybridized carbons (Fsp3) is 0.211. The molecule has 0 saturated carbocycles. The Kier molecular flexibility index (Phi) is 4.82. The number of rotatable bonds is 5. The molecule has 0 aliphatic carbocycles.